The Morgan fingerprint density at radius 1 is 1.33 bits per heavy atom. The van der Waals surface area contributed by atoms with E-state index in [1.54, 1.807) is 13.0 Å². The van der Waals surface area contributed by atoms with Crippen LogP contribution in [-0.4, -0.2) is 30.7 Å². The van der Waals surface area contributed by atoms with Gasteiger partial charge >= 0.3 is 6.09 Å². The Bertz CT molecular complexity index is 1080. The zero-order chi connectivity index (χ0) is 22.1. The lowest BCUT2D eigenvalue weighted by molar-refractivity contribution is 0.0997. The Kier molecular flexibility index (Phi) is 5.45. The third kappa shape index (κ3) is 2.94. The first-order chi connectivity index (χ1) is 14.4. The van der Waals surface area contributed by atoms with Gasteiger partial charge in [-0.3, -0.25) is 0 Å². The van der Waals surface area contributed by atoms with Crippen molar-refractivity contribution < 1.29 is 18.3 Å². The van der Waals surface area contributed by atoms with Crippen molar-refractivity contribution >= 4 is 6.09 Å². The molecule has 1 aliphatic heterocycles. The van der Waals surface area contributed by atoms with Crippen LogP contribution in [0.4, 0.5) is 13.6 Å². The molecule has 0 radical (unpaired) electrons. The molecule has 1 heterocycles. The normalized spacial score (nSPS) is 22.1. The molecule has 1 amide bonds. The third-order valence-electron chi connectivity index (χ3n) is 5.51. The quantitative estimate of drug-likeness (QED) is 0.800. The van der Waals surface area contributed by atoms with E-state index in [0.717, 1.165) is 6.07 Å². The molecule has 30 heavy (non-hydrogen) atoms. The summed E-state index contributed by atoms with van der Waals surface area (Å²) in [6, 6.07) is 9.05. The van der Waals surface area contributed by atoms with Crippen LogP contribution in [0, 0.1) is 57.0 Å². The van der Waals surface area contributed by atoms with Crippen LogP contribution >= 0.6 is 0 Å². The fourth-order valence-corrected chi connectivity index (χ4v) is 4.15. The summed E-state index contributed by atoms with van der Waals surface area (Å²) < 4.78 is 33.8. The van der Waals surface area contributed by atoms with Gasteiger partial charge in [0.05, 0.1) is 30.0 Å². The molecule has 2 atom stereocenters. The van der Waals surface area contributed by atoms with Crippen molar-refractivity contribution in [1.82, 2.24) is 4.90 Å². The van der Waals surface area contributed by atoms with Crippen LogP contribution in [0.5, 0.6) is 0 Å². The zero-order valence-corrected chi connectivity index (χ0v) is 16.0. The number of allylic oxidation sites excluding steroid dienone is 2. The Hall–Kier alpha value is -3.90. The molecule has 2 aliphatic rings. The SMILES string of the molecule is CCOC(=O)N1CC=C2C(C#N)=C(N)C(C#N)(C#N)[C@H](c3cccc(F)c3F)[C@H]2C1. The van der Waals surface area contributed by atoms with E-state index in [-0.39, 0.29) is 36.5 Å². The number of amides is 1. The van der Waals surface area contributed by atoms with Gasteiger partial charge in [-0.15, -0.1) is 0 Å². The van der Waals surface area contributed by atoms with Gasteiger partial charge in [0, 0.05) is 24.9 Å². The minimum atomic E-state index is -2.13. The van der Waals surface area contributed by atoms with Crippen LogP contribution in [0.15, 0.2) is 41.1 Å². The van der Waals surface area contributed by atoms with E-state index in [1.807, 2.05) is 18.2 Å². The summed E-state index contributed by atoms with van der Waals surface area (Å²) in [4.78, 5) is 13.6. The molecule has 0 saturated carbocycles. The van der Waals surface area contributed by atoms with Crippen molar-refractivity contribution in [1.29, 1.82) is 15.8 Å². The number of nitrogens with two attached hydrogens (primary N) is 1. The van der Waals surface area contributed by atoms with Gasteiger partial charge in [0.15, 0.2) is 17.0 Å². The molecule has 0 fully saturated rings. The highest BCUT2D eigenvalue weighted by Crippen LogP contribution is 2.54. The number of rotatable bonds is 2. The Morgan fingerprint density at radius 3 is 2.63 bits per heavy atom. The second-order valence-electron chi connectivity index (χ2n) is 6.92. The highest BCUT2D eigenvalue weighted by molar-refractivity contribution is 5.69. The fraction of sp³-hybridized carbons (Fsp3) is 0.333. The maximum Gasteiger partial charge on any atom is 0.410 e. The molecule has 0 spiro atoms. The lowest BCUT2D eigenvalue weighted by atomic mass is 9.58. The van der Waals surface area contributed by atoms with Crippen molar-refractivity contribution in [2.45, 2.75) is 12.8 Å². The molecule has 3 rings (SSSR count). The fourth-order valence-electron chi connectivity index (χ4n) is 4.15. The number of ether oxygens (including phenoxy) is 1. The number of hydrogen-bond acceptors (Lipinski definition) is 6. The van der Waals surface area contributed by atoms with Crippen molar-refractivity contribution in [3.05, 3.63) is 58.3 Å². The maximum absolute atomic E-state index is 14.8. The van der Waals surface area contributed by atoms with E-state index in [4.69, 9.17) is 10.5 Å². The lowest BCUT2D eigenvalue weighted by Gasteiger charge is -2.45. The van der Waals surface area contributed by atoms with E-state index in [1.165, 1.54) is 17.0 Å². The summed E-state index contributed by atoms with van der Waals surface area (Å²) >= 11 is 0. The van der Waals surface area contributed by atoms with Gasteiger partial charge in [-0.1, -0.05) is 18.2 Å². The summed E-state index contributed by atoms with van der Waals surface area (Å²) in [5.74, 6) is -4.45. The van der Waals surface area contributed by atoms with Crippen LogP contribution in [-0.2, 0) is 4.74 Å². The number of fused-ring (bicyclic) bond motifs is 1. The molecule has 152 valence electrons. The first-order valence-electron chi connectivity index (χ1n) is 9.15. The van der Waals surface area contributed by atoms with E-state index in [9.17, 15) is 29.4 Å². The number of carbonyl (C=O) groups excluding carboxylic acids is 1. The molecule has 1 aliphatic carbocycles. The molecule has 0 unspecified atom stereocenters. The maximum atomic E-state index is 14.8. The third-order valence-corrected chi connectivity index (χ3v) is 5.51. The van der Waals surface area contributed by atoms with Crippen LogP contribution in [0.2, 0.25) is 0 Å². The number of carbonyl (C=O) groups is 1. The summed E-state index contributed by atoms with van der Waals surface area (Å²) in [7, 11) is 0. The van der Waals surface area contributed by atoms with Crippen molar-refractivity contribution in [3.63, 3.8) is 0 Å². The van der Waals surface area contributed by atoms with Crippen molar-refractivity contribution in [3.8, 4) is 18.2 Å². The standard InChI is InChI=1S/C21H17F2N5O2/c1-2-30-20(29)28-7-6-12-14(8-24)19(27)21(10-25,11-26)17(15(12)9-28)13-4-3-5-16(22)18(13)23/h3-6,15,17H,2,7,9,27H2,1H3/t15-,17+/m0/s1. The van der Waals surface area contributed by atoms with Gasteiger partial charge in [0.25, 0.3) is 0 Å². The van der Waals surface area contributed by atoms with Crippen molar-refractivity contribution in [2.24, 2.45) is 17.1 Å². The van der Waals surface area contributed by atoms with Gasteiger partial charge in [0.2, 0.25) is 0 Å². The number of halogens is 2. The number of nitrogens with zero attached hydrogens (tertiary/aromatic N) is 4. The molecule has 2 N–H and O–H groups in total. The number of nitriles is 3. The Balaban J connectivity index is 2.29. The molecule has 0 saturated heterocycles. The molecule has 1 aromatic rings. The molecule has 0 aromatic heterocycles. The van der Waals surface area contributed by atoms with Crippen LogP contribution in [0.25, 0.3) is 0 Å². The van der Waals surface area contributed by atoms with Crippen molar-refractivity contribution in [2.75, 3.05) is 19.7 Å². The predicted molar refractivity (Wildman–Crippen MR) is 99.8 cm³/mol. The van der Waals surface area contributed by atoms with E-state index in [0.29, 0.717) is 5.57 Å². The van der Waals surface area contributed by atoms with Gasteiger partial charge in [-0.2, -0.15) is 15.8 Å². The lowest BCUT2D eigenvalue weighted by Crippen LogP contribution is -2.49. The summed E-state index contributed by atoms with van der Waals surface area (Å²) in [6.45, 7) is 1.82. The van der Waals surface area contributed by atoms with Gasteiger partial charge < -0.3 is 15.4 Å². The van der Waals surface area contributed by atoms with Crippen LogP contribution in [0.3, 0.4) is 0 Å². The number of benzene rings is 1. The molecule has 0 bridgehead atoms. The van der Waals surface area contributed by atoms with Gasteiger partial charge in [0.1, 0.15) is 6.07 Å². The van der Waals surface area contributed by atoms with E-state index < -0.39 is 35.0 Å². The van der Waals surface area contributed by atoms with E-state index in [2.05, 4.69) is 0 Å². The van der Waals surface area contributed by atoms with Gasteiger partial charge in [-0.05, 0) is 24.1 Å². The highest BCUT2D eigenvalue weighted by Gasteiger charge is 2.55. The van der Waals surface area contributed by atoms with E-state index >= 15 is 0 Å². The second kappa shape index (κ2) is 7.85. The minimum absolute atomic E-state index is 0.0559. The largest absolute Gasteiger partial charge is 0.450 e. The summed E-state index contributed by atoms with van der Waals surface area (Å²) in [5.41, 5.74) is 3.78. The monoisotopic (exact) mass is 409 g/mol. The first kappa shape index (κ1) is 20.8. The minimum Gasteiger partial charge on any atom is -0.450 e. The average molecular weight is 409 g/mol. The molecular weight excluding hydrogens is 392 g/mol. The average Bonchev–Trinajstić information content (AvgIpc) is 2.75. The molecule has 7 nitrogen and oxygen atoms in total. The van der Waals surface area contributed by atoms with Crippen LogP contribution < -0.4 is 5.73 Å². The summed E-state index contributed by atoms with van der Waals surface area (Å²) in [6.07, 6.45) is 0.936. The number of hydrogen-bond donors (Lipinski definition) is 1. The predicted octanol–water partition coefficient (Wildman–Crippen LogP) is 2.85. The molecule has 1 aromatic carbocycles. The highest BCUT2D eigenvalue weighted by atomic mass is 19.2. The Morgan fingerprint density at radius 2 is 2.03 bits per heavy atom. The molecular formula is C21H17F2N5O2. The zero-order valence-electron chi connectivity index (χ0n) is 16.0. The molecule has 9 heteroatoms. The summed E-state index contributed by atoms with van der Waals surface area (Å²) in [5, 5.41) is 29.5. The second-order valence-corrected chi connectivity index (χ2v) is 6.92. The van der Waals surface area contributed by atoms with Gasteiger partial charge in [-0.25, -0.2) is 13.6 Å². The first-order valence-corrected chi connectivity index (χ1v) is 9.15. The smallest absolute Gasteiger partial charge is 0.410 e. The topological polar surface area (TPSA) is 127 Å². The van der Waals surface area contributed by atoms with Crippen LogP contribution in [0.1, 0.15) is 18.4 Å². The Labute approximate surface area is 171 Å².